The predicted molar refractivity (Wildman–Crippen MR) is 300 cm³/mol. The number of benzene rings is 11. The smallest absolute Gasteiger partial charge is 0.143 e. The molecule has 1 atom stereocenters. The molecule has 0 bridgehead atoms. The minimum atomic E-state index is -0.608. The van der Waals surface area contributed by atoms with Gasteiger partial charge in [-0.1, -0.05) is 238 Å². The van der Waals surface area contributed by atoms with E-state index < -0.39 is 5.41 Å². The van der Waals surface area contributed by atoms with Crippen molar-refractivity contribution in [3.05, 3.63) is 294 Å². The summed E-state index contributed by atoms with van der Waals surface area (Å²) in [4.78, 5) is 2.50. The van der Waals surface area contributed by atoms with Gasteiger partial charge in [0.2, 0.25) is 0 Å². The molecule has 0 amide bonds. The average molecular weight is 920 g/mol. The van der Waals surface area contributed by atoms with E-state index in [1.165, 1.54) is 77.9 Å². The van der Waals surface area contributed by atoms with Crippen molar-refractivity contribution in [1.82, 2.24) is 0 Å². The van der Waals surface area contributed by atoms with Gasteiger partial charge in [0.25, 0.3) is 0 Å². The minimum absolute atomic E-state index is 0.160. The monoisotopic (exact) mass is 919 g/mol. The van der Waals surface area contributed by atoms with Crippen LogP contribution in [0.15, 0.2) is 265 Å². The normalized spacial score (nSPS) is 15.0. The first-order chi connectivity index (χ1) is 35.5. The summed E-state index contributed by atoms with van der Waals surface area (Å²) in [7, 11) is 0. The van der Waals surface area contributed by atoms with E-state index in [1.54, 1.807) is 0 Å². The van der Waals surface area contributed by atoms with Crippen molar-refractivity contribution in [3.8, 4) is 55.6 Å². The SMILES string of the molecule is CC1(C)c2ccccc2-c2ccc(N(c3ccc4c(c3)C(c3ccccc3)(c3ccc(-c5ccc(-c6cccc7c6oc6ccccc67)cc5)cc3)c3ccccc3-4)c3ccccc3-c3ccccc3)cc21. The molecule has 0 fully saturated rings. The third kappa shape index (κ3) is 6.28. The lowest BCUT2D eigenvalue weighted by Crippen LogP contribution is -2.28. The van der Waals surface area contributed by atoms with E-state index in [0.717, 1.165) is 50.1 Å². The molecule has 0 saturated carbocycles. The number of anilines is 3. The zero-order chi connectivity index (χ0) is 48.0. The van der Waals surface area contributed by atoms with Crippen LogP contribution >= 0.6 is 0 Å². The molecular weight excluding hydrogens is 871 g/mol. The van der Waals surface area contributed by atoms with Gasteiger partial charge in [0.15, 0.2) is 0 Å². The maximum absolute atomic E-state index is 6.43. The number of furan rings is 1. The second-order valence-electron chi connectivity index (χ2n) is 19.9. The summed E-state index contributed by atoms with van der Waals surface area (Å²) < 4.78 is 6.43. The van der Waals surface area contributed by atoms with E-state index in [4.69, 9.17) is 4.42 Å². The molecule has 2 aliphatic carbocycles. The Kier molecular flexibility index (Phi) is 9.50. The van der Waals surface area contributed by atoms with Gasteiger partial charge in [-0.3, -0.25) is 0 Å². The Bertz CT molecular complexity index is 4050. The first-order valence-corrected chi connectivity index (χ1v) is 25.1. The van der Waals surface area contributed by atoms with Crippen molar-refractivity contribution in [2.45, 2.75) is 24.7 Å². The molecule has 1 unspecified atom stereocenters. The second-order valence-corrected chi connectivity index (χ2v) is 19.9. The molecule has 2 nitrogen and oxygen atoms in total. The fourth-order valence-corrected chi connectivity index (χ4v) is 12.4. The van der Waals surface area contributed by atoms with E-state index in [1.807, 2.05) is 12.1 Å². The maximum atomic E-state index is 6.43. The molecule has 1 heterocycles. The highest BCUT2D eigenvalue weighted by Crippen LogP contribution is 2.58. The fourth-order valence-electron chi connectivity index (χ4n) is 12.4. The van der Waals surface area contributed by atoms with Crippen molar-refractivity contribution in [1.29, 1.82) is 0 Å². The topological polar surface area (TPSA) is 16.4 Å². The third-order valence-electron chi connectivity index (χ3n) is 15.8. The molecule has 14 rings (SSSR count). The van der Waals surface area contributed by atoms with Crippen LogP contribution in [0.5, 0.6) is 0 Å². The standard InChI is InChI=1S/C70H49NO/c1-69(2)62-28-13-9-23-56(62)58-42-40-52(44-64(58)69)71(66-30-15-11-22-54(66)48-18-5-3-6-19-48)53-41-43-59-57-24-10-14-29-63(57)70(65(59)45-53,50-20-7-4-8-21-50)51-38-36-47(37-39-51)46-32-34-49(35-33-46)55-26-17-27-61-60-25-12-16-31-67(60)72-68(55)61/h3-45H,1-2H3. The van der Waals surface area contributed by atoms with E-state index in [9.17, 15) is 0 Å². The molecule has 340 valence electrons. The molecule has 12 aromatic rings. The van der Waals surface area contributed by atoms with Crippen LogP contribution in [0.3, 0.4) is 0 Å². The van der Waals surface area contributed by atoms with Gasteiger partial charge in [-0.25, -0.2) is 0 Å². The Morgan fingerprint density at radius 2 is 0.806 bits per heavy atom. The van der Waals surface area contributed by atoms with E-state index in [-0.39, 0.29) is 5.41 Å². The Labute approximate surface area is 420 Å². The molecule has 0 saturated heterocycles. The Morgan fingerprint density at radius 3 is 1.54 bits per heavy atom. The Morgan fingerprint density at radius 1 is 0.319 bits per heavy atom. The van der Waals surface area contributed by atoms with Crippen LogP contribution in [-0.4, -0.2) is 0 Å². The first-order valence-electron chi connectivity index (χ1n) is 25.1. The lowest BCUT2D eigenvalue weighted by Gasteiger charge is -2.35. The highest BCUT2D eigenvalue weighted by Gasteiger charge is 2.46. The van der Waals surface area contributed by atoms with E-state index in [0.29, 0.717) is 0 Å². The summed E-state index contributed by atoms with van der Waals surface area (Å²) >= 11 is 0. The van der Waals surface area contributed by atoms with Crippen molar-refractivity contribution >= 4 is 39.0 Å². The molecule has 0 spiro atoms. The number of hydrogen-bond donors (Lipinski definition) is 0. The van der Waals surface area contributed by atoms with Crippen molar-refractivity contribution < 1.29 is 4.42 Å². The summed E-state index contributed by atoms with van der Waals surface area (Å²) in [5.41, 5.74) is 24.2. The summed E-state index contributed by atoms with van der Waals surface area (Å²) in [6, 6.07) is 96.2. The van der Waals surface area contributed by atoms with Gasteiger partial charge in [0.05, 0.1) is 11.1 Å². The van der Waals surface area contributed by atoms with Crippen LogP contribution in [0.1, 0.15) is 47.2 Å². The van der Waals surface area contributed by atoms with Gasteiger partial charge in [0.1, 0.15) is 11.2 Å². The summed E-state index contributed by atoms with van der Waals surface area (Å²) in [5.74, 6) is 0. The lowest BCUT2D eigenvalue weighted by atomic mass is 9.67. The number of para-hydroxylation sites is 3. The van der Waals surface area contributed by atoms with Gasteiger partial charge >= 0.3 is 0 Å². The molecule has 72 heavy (non-hydrogen) atoms. The van der Waals surface area contributed by atoms with E-state index >= 15 is 0 Å². The Hall–Kier alpha value is -8.98. The molecule has 11 aromatic carbocycles. The number of nitrogens with zero attached hydrogens (tertiary/aromatic N) is 1. The summed E-state index contributed by atoms with van der Waals surface area (Å²) in [6.45, 7) is 4.74. The van der Waals surface area contributed by atoms with Gasteiger partial charge in [0, 0.05) is 38.7 Å². The first kappa shape index (κ1) is 41.9. The highest BCUT2D eigenvalue weighted by atomic mass is 16.3. The molecule has 1 aromatic heterocycles. The zero-order valence-electron chi connectivity index (χ0n) is 40.2. The van der Waals surface area contributed by atoms with Crippen molar-refractivity contribution in [3.63, 3.8) is 0 Å². The highest BCUT2D eigenvalue weighted by molar-refractivity contribution is 6.09. The largest absolute Gasteiger partial charge is 0.455 e. The number of fused-ring (bicyclic) bond motifs is 9. The van der Waals surface area contributed by atoms with Crippen LogP contribution in [0.25, 0.3) is 77.6 Å². The van der Waals surface area contributed by atoms with Gasteiger partial charge in [-0.15, -0.1) is 0 Å². The van der Waals surface area contributed by atoms with Crippen molar-refractivity contribution in [2.75, 3.05) is 4.90 Å². The average Bonchev–Trinajstić information content (AvgIpc) is 4.05. The fraction of sp³-hybridized carbons (Fsp3) is 0.0571. The molecule has 0 aliphatic heterocycles. The minimum Gasteiger partial charge on any atom is -0.455 e. The van der Waals surface area contributed by atoms with E-state index in [2.05, 4.69) is 267 Å². The van der Waals surface area contributed by atoms with Crippen LogP contribution in [0, 0.1) is 0 Å². The molecule has 2 aliphatic rings. The van der Waals surface area contributed by atoms with Crippen LogP contribution in [0.4, 0.5) is 17.1 Å². The molecular formula is C70H49NO. The van der Waals surface area contributed by atoms with Gasteiger partial charge in [-0.2, -0.15) is 0 Å². The van der Waals surface area contributed by atoms with Gasteiger partial charge < -0.3 is 9.32 Å². The molecule has 0 radical (unpaired) electrons. The Balaban J connectivity index is 0.928. The summed E-state index contributed by atoms with van der Waals surface area (Å²) in [5, 5.41) is 2.28. The van der Waals surface area contributed by atoms with Crippen LogP contribution in [-0.2, 0) is 10.8 Å². The lowest BCUT2D eigenvalue weighted by molar-refractivity contribution is 0.660. The summed E-state index contributed by atoms with van der Waals surface area (Å²) in [6.07, 6.45) is 0. The number of rotatable bonds is 8. The maximum Gasteiger partial charge on any atom is 0.143 e. The number of hydrogen-bond acceptors (Lipinski definition) is 2. The predicted octanol–water partition coefficient (Wildman–Crippen LogP) is 18.7. The second kappa shape index (κ2) is 16.3. The van der Waals surface area contributed by atoms with Crippen LogP contribution < -0.4 is 4.90 Å². The molecule has 0 N–H and O–H groups in total. The van der Waals surface area contributed by atoms with Gasteiger partial charge in [-0.05, 0) is 114 Å². The van der Waals surface area contributed by atoms with Crippen molar-refractivity contribution in [2.24, 2.45) is 0 Å². The van der Waals surface area contributed by atoms with Crippen LogP contribution in [0.2, 0.25) is 0 Å². The molecule has 2 heteroatoms. The zero-order valence-corrected chi connectivity index (χ0v) is 40.2. The quantitative estimate of drug-likeness (QED) is 0.151. The third-order valence-corrected chi connectivity index (χ3v) is 15.8.